The second-order valence-electron chi connectivity index (χ2n) is 6.85. The lowest BCUT2D eigenvalue weighted by Gasteiger charge is -2.32. The molecule has 2 rings (SSSR count). The molecule has 130 valence electrons. The fourth-order valence-electron chi connectivity index (χ4n) is 2.26. The van der Waals surface area contributed by atoms with Gasteiger partial charge in [-0.1, -0.05) is 12.1 Å². The molecule has 1 aliphatic heterocycles. The molecular formula is C17H22BF2NO3. The Morgan fingerprint density at radius 1 is 1.17 bits per heavy atom. The summed E-state index contributed by atoms with van der Waals surface area (Å²) in [5.74, 6) is -1.63. The fraction of sp³-hybridized carbons (Fsp3) is 0.471. The zero-order valence-electron chi connectivity index (χ0n) is 14.6. The van der Waals surface area contributed by atoms with Crippen molar-refractivity contribution in [1.82, 2.24) is 5.32 Å². The Labute approximate surface area is 141 Å². The van der Waals surface area contributed by atoms with E-state index in [1.807, 2.05) is 27.7 Å². The van der Waals surface area contributed by atoms with E-state index in [-0.39, 0.29) is 18.0 Å². The van der Waals surface area contributed by atoms with Crippen molar-refractivity contribution in [2.24, 2.45) is 0 Å². The number of rotatable bonds is 4. The number of carbonyl (C=O) groups is 1. The molecule has 1 N–H and O–H groups in total. The molecule has 0 saturated carbocycles. The van der Waals surface area contributed by atoms with Crippen molar-refractivity contribution in [3.63, 3.8) is 0 Å². The molecular weight excluding hydrogens is 315 g/mol. The molecule has 1 fully saturated rings. The third-order valence-electron chi connectivity index (χ3n) is 4.43. The molecule has 1 saturated heterocycles. The molecule has 7 heteroatoms. The first-order chi connectivity index (χ1) is 11.0. The molecule has 1 aliphatic rings. The SMILES string of the molecule is CC(=O)NCC(=Cc1c(F)cccc1F)B1OC(C)(C)C(C)(C)O1. The number of amides is 1. The summed E-state index contributed by atoms with van der Waals surface area (Å²) < 4.78 is 39.7. The Morgan fingerprint density at radius 2 is 1.67 bits per heavy atom. The zero-order valence-corrected chi connectivity index (χ0v) is 14.6. The number of carbonyl (C=O) groups excluding carboxylic acids is 1. The molecule has 0 bridgehead atoms. The van der Waals surface area contributed by atoms with E-state index < -0.39 is 30.0 Å². The third-order valence-corrected chi connectivity index (χ3v) is 4.43. The molecule has 1 aromatic carbocycles. The van der Waals surface area contributed by atoms with Crippen LogP contribution in [0.15, 0.2) is 23.7 Å². The van der Waals surface area contributed by atoms with Crippen LogP contribution in [-0.2, 0) is 14.1 Å². The van der Waals surface area contributed by atoms with E-state index in [0.717, 1.165) is 0 Å². The Morgan fingerprint density at radius 3 is 2.12 bits per heavy atom. The Kier molecular flexibility index (Phi) is 5.15. The summed E-state index contributed by atoms with van der Waals surface area (Å²) in [6, 6.07) is 3.65. The third kappa shape index (κ3) is 3.84. The first-order valence-electron chi connectivity index (χ1n) is 7.78. The topological polar surface area (TPSA) is 47.6 Å². The second kappa shape index (κ2) is 6.65. The Balaban J connectivity index is 2.39. The zero-order chi connectivity index (χ0) is 18.1. The number of halogens is 2. The van der Waals surface area contributed by atoms with Gasteiger partial charge in [0.05, 0.1) is 11.2 Å². The summed E-state index contributed by atoms with van der Waals surface area (Å²) in [5.41, 5.74) is -0.943. The van der Waals surface area contributed by atoms with Gasteiger partial charge in [-0.05, 0) is 45.3 Å². The van der Waals surface area contributed by atoms with Crippen molar-refractivity contribution in [3.8, 4) is 0 Å². The smallest absolute Gasteiger partial charge is 0.400 e. The van der Waals surface area contributed by atoms with Crippen LogP contribution in [0.1, 0.15) is 40.2 Å². The fourth-order valence-corrected chi connectivity index (χ4v) is 2.26. The van der Waals surface area contributed by atoms with Gasteiger partial charge in [0.2, 0.25) is 5.91 Å². The molecule has 0 aromatic heterocycles. The van der Waals surface area contributed by atoms with E-state index >= 15 is 0 Å². The van der Waals surface area contributed by atoms with Crippen molar-refractivity contribution in [2.75, 3.05) is 6.54 Å². The summed E-state index contributed by atoms with van der Waals surface area (Å²) in [7, 11) is -0.805. The van der Waals surface area contributed by atoms with Crippen LogP contribution < -0.4 is 5.32 Å². The predicted octanol–water partition coefficient (Wildman–Crippen LogP) is 3.12. The van der Waals surface area contributed by atoms with Gasteiger partial charge >= 0.3 is 7.12 Å². The molecule has 1 amide bonds. The summed E-state index contributed by atoms with van der Waals surface area (Å²) in [5, 5.41) is 2.62. The Hall–Kier alpha value is -1.73. The van der Waals surface area contributed by atoms with E-state index in [4.69, 9.17) is 9.31 Å². The number of benzene rings is 1. The van der Waals surface area contributed by atoms with Gasteiger partial charge in [0.25, 0.3) is 0 Å². The first-order valence-corrected chi connectivity index (χ1v) is 7.78. The second-order valence-corrected chi connectivity index (χ2v) is 6.85. The molecule has 1 heterocycles. The minimum Gasteiger partial charge on any atom is -0.400 e. The van der Waals surface area contributed by atoms with Crippen LogP contribution in [0.2, 0.25) is 0 Å². The highest BCUT2D eigenvalue weighted by atomic mass is 19.1. The molecule has 24 heavy (non-hydrogen) atoms. The van der Waals surface area contributed by atoms with Crippen molar-refractivity contribution < 1.29 is 22.9 Å². The van der Waals surface area contributed by atoms with Crippen molar-refractivity contribution >= 4 is 19.1 Å². The molecule has 0 unspecified atom stereocenters. The standard InChI is InChI=1S/C17H22BF2NO3/c1-11(22)21-10-12(9-13-14(19)7-6-8-15(13)20)18-23-16(2,3)17(4,5)24-18/h6-9H,10H2,1-5H3,(H,21,22). The maximum Gasteiger partial charge on any atom is 0.492 e. The highest BCUT2D eigenvalue weighted by Gasteiger charge is 2.52. The van der Waals surface area contributed by atoms with Crippen LogP contribution >= 0.6 is 0 Å². The first kappa shape index (κ1) is 18.6. The van der Waals surface area contributed by atoms with E-state index in [0.29, 0.717) is 5.47 Å². The van der Waals surface area contributed by atoms with Crippen LogP contribution in [0.3, 0.4) is 0 Å². The van der Waals surface area contributed by atoms with Crippen molar-refractivity contribution in [1.29, 1.82) is 0 Å². The molecule has 0 aliphatic carbocycles. The van der Waals surface area contributed by atoms with Gasteiger partial charge in [-0.15, -0.1) is 0 Å². The summed E-state index contributed by atoms with van der Waals surface area (Å²) in [4.78, 5) is 11.2. The number of hydrogen-bond donors (Lipinski definition) is 1. The van der Waals surface area contributed by atoms with Crippen LogP contribution in [-0.4, -0.2) is 30.8 Å². The summed E-state index contributed by atoms with van der Waals surface area (Å²) >= 11 is 0. The number of nitrogens with one attached hydrogen (secondary N) is 1. The van der Waals surface area contributed by atoms with Gasteiger partial charge in [0.1, 0.15) is 11.6 Å². The highest BCUT2D eigenvalue weighted by molar-refractivity contribution is 6.56. The Bertz CT molecular complexity index is 638. The average Bonchev–Trinajstić information content (AvgIpc) is 2.65. The van der Waals surface area contributed by atoms with Gasteiger partial charge in [0, 0.05) is 19.0 Å². The van der Waals surface area contributed by atoms with E-state index in [2.05, 4.69) is 5.32 Å². The van der Waals surface area contributed by atoms with E-state index in [1.165, 1.54) is 31.2 Å². The van der Waals surface area contributed by atoms with Gasteiger partial charge in [-0.3, -0.25) is 4.79 Å². The van der Waals surface area contributed by atoms with E-state index in [1.54, 1.807) is 0 Å². The van der Waals surface area contributed by atoms with Crippen LogP contribution in [0.5, 0.6) is 0 Å². The predicted molar refractivity (Wildman–Crippen MR) is 89.1 cm³/mol. The van der Waals surface area contributed by atoms with Crippen LogP contribution in [0, 0.1) is 11.6 Å². The van der Waals surface area contributed by atoms with Gasteiger partial charge < -0.3 is 14.6 Å². The van der Waals surface area contributed by atoms with E-state index in [9.17, 15) is 13.6 Å². The maximum absolute atomic E-state index is 13.9. The van der Waals surface area contributed by atoms with Gasteiger partial charge in [0.15, 0.2) is 0 Å². The molecule has 1 aromatic rings. The van der Waals surface area contributed by atoms with Gasteiger partial charge in [-0.25, -0.2) is 8.78 Å². The summed E-state index contributed by atoms with van der Waals surface area (Å²) in [6.45, 7) is 8.96. The molecule has 4 nitrogen and oxygen atoms in total. The largest absolute Gasteiger partial charge is 0.492 e. The quantitative estimate of drug-likeness (QED) is 0.859. The normalized spacial score (nSPS) is 19.5. The van der Waals surface area contributed by atoms with Crippen LogP contribution in [0.25, 0.3) is 6.08 Å². The lowest BCUT2D eigenvalue weighted by Crippen LogP contribution is -2.41. The highest BCUT2D eigenvalue weighted by Crippen LogP contribution is 2.38. The maximum atomic E-state index is 13.9. The molecule has 0 atom stereocenters. The molecule has 0 radical (unpaired) electrons. The van der Waals surface area contributed by atoms with Crippen molar-refractivity contribution in [3.05, 3.63) is 40.9 Å². The lowest BCUT2D eigenvalue weighted by atomic mass is 9.77. The van der Waals surface area contributed by atoms with Crippen LogP contribution in [0.4, 0.5) is 8.78 Å². The minimum absolute atomic E-state index is 0.0694. The van der Waals surface area contributed by atoms with Gasteiger partial charge in [-0.2, -0.15) is 0 Å². The number of hydrogen-bond acceptors (Lipinski definition) is 3. The lowest BCUT2D eigenvalue weighted by molar-refractivity contribution is -0.118. The minimum atomic E-state index is -0.805. The monoisotopic (exact) mass is 337 g/mol. The van der Waals surface area contributed by atoms with Crippen molar-refractivity contribution in [2.45, 2.75) is 45.8 Å². The average molecular weight is 337 g/mol. The molecule has 0 spiro atoms. The summed E-state index contributed by atoms with van der Waals surface area (Å²) in [6.07, 6.45) is 1.34.